The van der Waals surface area contributed by atoms with Gasteiger partial charge in [0.25, 0.3) is 0 Å². The van der Waals surface area contributed by atoms with Gasteiger partial charge in [0.2, 0.25) is 5.91 Å². The largest absolute Gasteiger partial charge is 0.366 e. The van der Waals surface area contributed by atoms with Crippen molar-refractivity contribution in [1.82, 2.24) is 4.57 Å². The van der Waals surface area contributed by atoms with Gasteiger partial charge in [0.15, 0.2) is 0 Å². The van der Waals surface area contributed by atoms with E-state index in [1.807, 2.05) is 12.1 Å². The van der Waals surface area contributed by atoms with Gasteiger partial charge in [0.1, 0.15) is 0 Å². The van der Waals surface area contributed by atoms with Gasteiger partial charge in [-0.15, -0.1) is 0 Å². The van der Waals surface area contributed by atoms with Crippen molar-refractivity contribution in [2.75, 3.05) is 0 Å². The Hall–Kier alpha value is -2.59. The van der Waals surface area contributed by atoms with Crippen molar-refractivity contribution in [3.05, 3.63) is 81.8 Å². The van der Waals surface area contributed by atoms with Crippen LogP contribution in [0.3, 0.4) is 0 Å². The third-order valence-corrected chi connectivity index (χ3v) is 5.63. The quantitative estimate of drug-likeness (QED) is 0.443. The van der Waals surface area contributed by atoms with Gasteiger partial charge in [-0.1, -0.05) is 60.1 Å². The molecule has 0 radical (unpaired) electrons. The fourth-order valence-electron chi connectivity index (χ4n) is 3.67. The molecule has 0 aliphatic carbocycles. The van der Waals surface area contributed by atoms with Crippen molar-refractivity contribution in [1.29, 1.82) is 0 Å². The van der Waals surface area contributed by atoms with Crippen LogP contribution in [0.15, 0.2) is 65.1 Å². The molecule has 136 valence electrons. The number of aromatic nitrogens is 1. The number of nitrogens with two attached hydrogens (primary N) is 1. The summed E-state index contributed by atoms with van der Waals surface area (Å²) in [5.41, 5.74) is 10.9. The number of primary amides is 1. The molecule has 1 heterocycles. The summed E-state index contributed by atoms with van der Waals surface area (Å²) in [6, 6.07) is 20.6. The standard InChI is InChI=1S/C23H21BrN2O/c1-14(2)16-8-11-18-21(12-16)26(13-15-6-9-17(24)10-7-15)20-5-3-4-19(22(18)20)23(25)27/h3-12,14H,13H2,1-2H3,(H2,25,27). The van der Waals surface area contributed by atoms with E-state index in [-0.39, 0.29) is 0 Å². The summed E-state index contributed by atoms with van der Waals surface area (Å²) in [4.78, 5) is 12.0. The molecular formula is C23H21BrN2O. The molecule has 0 fully saturated rings. The van der Waals surface area contributed by atoms with Crippen LogP contribution in [0.4, 0.5) is 0 Å². The van der Waals surface area contributed by atoms with Crippen LogP contribution < -0.4 is 5.73 Å². The van der Waals surface area contributed by atoms with E-state index in [9.17, 15) is 4.79 Å². The van der Waals surface area contributed by atoms with E-state index in [1.165, 1.54) is 11.1 Å². The van der Waals surface area contributed by atoms with Gasteiger partial charge in [-0.05, 0) is 47.4 Å². The number of rotatable bonds is 4. The van der Waals surface area contributed by atoms with Crippen molar-refractivity contribution in [2.45, 2.75) is 26.3 Å². The molecule has 0 bridgehead atoms. The van der Waals surface area contributed by atoms with Crippen LogP contribution in [0.25, 0.3) is 21.8 Å². The lowest BCUT2D eigenvalue weighted by molar-refractivity contribution is 0.100. The average molecular weight is 421 g/mol. The molecule has 0 spiro atoms. The van der Waals surface area contributed by atoms with Gasteiger partial charge in [-0.2, -0.15) is 0 Å². The zero-order valence-corrected chi connectivity index (χ0v) is 17.0. The molecule has 4 aromatic rings. The topological polar surface area (TPSA) is 48.0 Å². The van der Waals surface area contributed by atoms with Crippen LogP contribution in [-0.2, 0) is 6.54 Å². The summed E-state index contributed by atoms with van der Waals surface area (Å²) in [7, 11) is 0. The molecule has 0 saturated heterocycles. The number of nitrogens with zero attached hydrogens (tertiary/aromatic N) is 1. The normalized spacial score (nSPS) is 11.6. The highest BCUT2D eigenvalue weighted by Gasteiger charge is 2.17. The number of hydrogen-bond donors (Lipinski definition) is 1. The molecule has 0 atom stereocenters. The Balaban J connectivity index is 2.03. The number of hydrogen-bond acceptors (Lipinski definition) is 1. The second-order valence-corrected chi connectivity index (χ2v) is 8.12. The first-order valence-electron chi connectivity index (χ1n) is 9.05. The second kappa shape index (κ2) is 6.86. The number of halogens is 1. The summed E-state index contributed by atoms with van der Waals surface area (Å²) < 4.78 is 3.35. The van der Waals surface area contributed by atoms with Crippen molar-refractivity contribution >= 4 is 43.6 Å². The van der Waals surface area contributed by atoms with E-state index >= 15 is 0 Å². The van der Waals surface area contributed by atoms with E-state index in [0.29, 0.717) is 11.5 Å². The molecule has 3 aromatic carbocycles. The second-order valence-electron chi connectivity index (χ2n) is 7.21. The first-order chi connectivity index (χ1) is 13.0. The van der Waals surface area contributed by atoms with E-state index in [0.717, 1.165) is 32.8 Å². The van der Waals surface area contributed by atoms with Crippen LogP contribution in [0.5, 0.6) is 0 Å². The monoisotopic (exact) mass is 420 g/mol. The Morgan fingerprint density at radius 1 is 1.04 bits per heavy atom. The lowest BCUT2D eigenvalue weighted by Gasteiger charge is -2.10. The minimum atomic E-state index is -0.392. The smallest absolute Gasteiger partial charge is 0.249 e. The molecule has 4 rings (SSSR count). The van der Waals surface area contributed by atoms with Crippen molar-refractivity contribution in [3.8, 4) is 0 Å². The molecule has 1 aromatic heterocycles. The van der Waals surface area contributed by atoms with Crippen molar-refractivity contribution < 1.29 is 4.79 Å². The predicted molar refractivity (Wildman–Crippen MR) is 115 cm³/mol. The zero-order chi connectivity index (χ0) is 19.1. The van der Waals surface area contributed by atoms with E-state index in [2.05, 4.69) is 82.9 Å². The Morgan fingerprint density at radius 3 is 2.44 bits per heavy atom. The molecule has 3 nitrogen and oxygen atoms in total. The Kier molecular flexibility index (Phi) is 4.52. The van der Waals surface area contributed by atoms with Crippen molar-refractivity contribution in [2.24, 2.45) is 5.73 Å². The maximum atomic E-state index is 12.0. The zero-order valence-electron chi connectivity index (χ0n) is 15.4. The number of fused-ring (bicyclic) bond motifs is 3. The summed E-state index contributed by atoms with van der Waals surface area (Å²) in [6.45, 7) is 5.12. The maximum Gasteiger partial charge on any atom is 0.249 e. The third kappa shape index (κ3) is 3.15. The predicted octanol–water partition coefficient (Wildman–Crippen LogP) is 5.83. The van der Waals surface area contributed by atoms with Crippen LogP contribution in [0.2, 0.25) is 0 Å². The molecule has 2 N–H and O–H groups in total. The summed E-state index contributed by atoms with van der Waals surface area (Å²) in [5.74, 6) is 0.0420. The number of carbonyl (C=O) groups is 1. The molecule has 1 amide bonds. The van der Waals surface area contributed by atoms with Crippen molar-refractivity contribution in [3.63, 3.8) is 0 Å². The van der Waals surface area contributed by atoms with Gasteiger partial charge in [-0.3, -0.25) is 4.79 Å². The molecule has 0 aliphatic heterocycles. The number of benzene rings is 3. The van der Waals surface area contributed by atoms with Crippen LogP contribution in [0.1, 0.15) is 41.3 Å². The lowest BCUT2D eigenvalue weighted by atomic mass is 10.00. The summed E-state index contributed by atoms with van der Waals surface area (Å²) >= 11 is 3.50. The van der Waals surface area contributed by atoms with Gasteiger partial charge >= 0.3 is 0 Å². The van der Waals surface area contributed by atoms with Crippen LogP contribution in [-0.4, -0.2) is 10.5 Å². The van der Waals surface area contributed by atoms with Gasteiger partial charge in [0, 0.05) is 32.9 Å². The van der Waals surface area contributed by atoms with E-state index in [1.54, 1.807) is 0 Å². The lowest BCUT2D eigenvalue weighted by Crippen LogP contribution is -2.11. The molecule has 27 heavy (non-hydrogen) atoms. The SMILES string of the molecule is CC(C)c1ccc2c3c(C(N)=O)cccc3n(Cc3ccc(Br)cc3)c2c1. The Morgan fingerprint density at radius 2 is 1.78 bits per heavy atom. The molecule has 0 saturated carbocycles. The fourth-order valence-corrected chi connectivity index (χ4v) is 3.93. The summed E-state index contributed by atoms with van der Waals surface area (Å²) in [6.07, 6.45) is 0. The highest BCUT2D eigenvalue weighted by atomic mass is 79.9. The van der Waals surface area contributed by atoms with E-state index < -0.39 is 5.91 Å². The van der Waals surface area contributed by atoms with Crippen LogP contribution in [0, 0.1) is 0 Å². The first kappa shape index (κ1) is 17.8. The fraction of sp³-hybridized carbons (Fsp3) is 0.174. The number of amides is 1. The maximum absolute atomic E-state index is 12.0. The minimum Gasteiger partial charge on any atom is -0.366 e. The Bertz CT molecular complexity index is 1160. The van der Waals surface area contributed by atoms with Gasteiger partial charge in [-0.25, -0.2) is 0 Å². The Labute approximate surface area is 166 Å². The highest BCUT2D eigenvalue weighted by molar-refractivity contribution is 9.10. The number of carbonyl (C=O) groups excluding carboxylic acids is 1. The van der Waals surface area contributed by atoms with Crippen LogP contribution >= 0.6 is 15.9 Å². The van der Waals surface area contributed by atoms with E-state index in [4.69, 9.17) is 5.73 Å². The molecule has 4 heteroatoms. The molecule has 0 aliphatic rings. The van der Waals surface area contributed by atoms with Gasteiger partial charge in [0.05, 0.1) is 5.52 Å². The highest BCUT2D eigenvalue weighted by Crippen LogP contribution is 2.34. The minimum absolute atomic E-state index is 0.392. The average Bonchev–Trinajstić information content (AvgIpc) is 2.96. The van der Waals surface area contributed by atoms with Gasteiger partial charge < -0.3 is 10.3 Å². The molecule has 0 unspecified atom stereocenters. The summed E-state index contributed by atoms with van der Waals surface area (Å²) in [5, 5.41) is 2.01. The first-order valence-corrected chi connectivity index (χ1v) is 9.84. The third-order valence-electron chi connectivity index (χ3n) is 5.10. The molecular weight excluding hydrogens is 400 g/mol.